The van der Waals surface area contributed by atoms with E-state index in [9.17, 15) is 0 Å². The maximum atomic E-state index is 6.21. The standard InChI is InChI=1S/C10H16ClSi.C5H5.2ClH.Zr/c1-12(2,11)9-5-8-10-6-3-4-7-10;1-2-4-5-3-1;;;/h3-4,6-7H,5,8-9H2,1-2H3;1-5H;2*1H;/q2*-1;;;+4/p-2. The molecule has 0 N–H and O–H groups in total. The van der Waals surface area contributed by atoms with Gasteiger partial charge in [0, 0.05) is 0 Å². The maximum Gasteiger partial charge on any atom is 4.00 e. The third-order valence-corrected chi connectivity index (χ3v) is 4.63. The molecule has 0 heterocycles. The Labute approximate surface area is 160 Å². The summed E-state index contributed by atoms with van der Waals surface area (Å²) in [5, 5.41) is 0. The van der Waals surface area contributed by atoms with Gasteiger partial charge >= 0.3 is 26.2 Å². The quantitative estimate of drug-likeness (QED) is 0.341. The van der Waals surface area contributed by atoms with Crippen LogP contribution in [0.1, 0.15) is 12.0 Å². The molecule has 0 aliphatic carbocycles. The molecule has 0 aromatic heterocycles. The van der Waals surface area contributed by atoms with Crippen molar-refractivity contribution in [3.63, 3.8) is 0 Å². The van der Waals surface area contributed by atoms with Gasteiger partial charge in [0.2, 0.25) is 0 Å². The van der Waals surface area contributed by atoms with Gasteiger partial charge in [0.25, 0.3) is 0 Å². The molecule has 5 heteroatoms. The first-order valence-corrected chi connectivity index (χ1v) is 10.4. The molecule has 0 radical (unpaired) electrons. The summed E-state index contributed by atoms with van der Waals surface area (Å²) in [5.41, 5.74) is 1.45. The van der Waals surface area contributed by atoms with Crippen LogP contribution in [-0.4, -0.2) is 7.38 Å². The molecule has 2 aromatic carbocycles. The zero-order valence-electron chi connectivity index (χ0n) is 12.0. The molecule has 0 spiro atoms. The molecule has 0 aliphatic rings. The van der Waals surface area contributed by atoms with E-state index in [1.807, 2.05) is 30.3 Å². The summed E-state index contributed by atoms with van der Waals surface area (Å²) in [7, 11) is -1.32. The minimum absolute atomic E-state index is 0. The van der Waals surface area contributed by atoms with Gasteiger partial charge in [-0.1, -0.05) is 25.9 Å². The smallest absolute Gasteiger partial charge is 1.00 e. The van der Waals surface area contributed by atoms with Gasteiger partial charge in [-0.15, -0.1) is 0 Å². The third-order valence-electron chi connectivity index (χ3n) is 2.52. The number of hydrogen-bond donors (Lipinski definition) is 0. The van der Waals surface area contributed by atoms with E-state index in [0.717, 1.165) is 0 Å². The van der Waals surface area contributed by atoms with Crippen LogP contribution >= 0.6 is 11.1 Å². The minimum Gasteiger partial charge on any atom is -1.00 e. The first kappa shape index (κ1) is 25.6. The predicted octanol–water partition coefficient (Wildman–Crippen LogP) is -0.807. The van der Waals surface area contributed by atoms with Gasteiger partial charge in [0.15, 0.2) is 0 Å². The molecule has 0 atom stereocenters. The van der Waals surface area contributed by atoms with Crippen molar-refractivity contribution in [3.05, 3.63) is 60.2 Å². The Bertz CT molecular complexity index is 349. The molecule has 0 bridgehead atoms. The summed E-state index contributed by atoms with van der Waals surface area (Å²) in [6.45, 7) is 4.42. The Hall–Kier alpha value is 0.670. The number of halogens is 3. The van der Waals surface area contributed by atoms with E-state index in [0.29, 0.717) is 0 Å². The SMILES string of the molecule is C[Si](C)(Cl)CCC[c-]1cccc1.[Cl-].[Cl-].[Zr+4].c1cc[cH-]c1. The summed E-state index contributed by atoms with van der Waals surface area (Å²) >= 11 is 6.21. The molecule has 20 heavy (non-hydrogen) atoms. The first-order valence-electron chi connectivity index (χ1n) is 6.14. The van der Waals surface area contributed by atoms with E-state index in [1.54, 1.807) is 0 Å². The first-order chi connectivity index (χ1) is 8.08. The van der Waals surface area contributed by atoms with Crippen LogP contribution in [0.5, 0.6) is 0 Å². The second kappa shape index (κ2) is 14.6. The summed E-state index contributed by atoms with van der Waals surface area (Å²) in [6, 6.07) is 19.8. The Morgan fingerprint density at radius 2 is 1.50 bits per heavy atom. The summed E-state index contributed by atoms with van der Waals surface area (Å²) in [5.74, 6) is 0. The van der Waals surface area contributed by atoms with E-state index >= 15 is 0 Å². The summed E-state index contributed by atoms with van der Waals surface area (Å²) < 4.78 is 0. The van der Waals surface area contributed by atoms with Crippen molar-refractivity contribution in [2.75, 3.05) is 0 Å². The monoisotopic (exact) mass is 424 g/mol. The average Bonchev–Trinajstić information content (AvgIpc) is 2.91. The number of hydrogen-bond acceptors (Lipinski definition) is 0. The predicted molar refractivity (Wildman–Crippen MR) is 80.5 cm³/mol. The number of rotatable bonds is 4. The fourth-order valence-corrected chi connectivity index (χ4v) is 3.03. The second-order valence-corrected chi connectivity index (χ2v) is 11.8. The van der Waals surface area contributed by atoms with Gasteiger partial charge in [-0.3, -0.25) is 0 Å². The van der Waals surface area contributed by atoms with Gasteiger partial charge in [-0.2, -0.15) is 47.0 Å². The van der Waals surface area contributed by atoms with Crippen LogP contribution in [0.25, 0.3) is 0 Å². The zero-order valence-corrected chi connectivity index (χ0v) is 17.7. The van der Waals surface area contributed by atoms with E-state index in [1.165, 1.54) is 24.4 Å². The van der Waals surface area contributed by atoms with Gasteiger partial charge in [0.1, 0.15) is 7.38 Å². The Morgan fingerprint density at radius 3 is 1.85 bits per heavy atom. The largest absolute Gasteiger partial charge is 4.00 e. The van der Waals surface area contributed by atoms with Crippen molar-refractivity contribution >= 4 is 18.5 Å². The van der Waals surface area contributed by atoms with Crippen LogP contribution in [0.2, 0.25) is 19.1 Å². The average molecular weight is 427 g/mol. The van der Waals surface area contributed by atoms with Crippen LogP contribution in [0, 0.1) is 0 Å². The molecule has 2 aromatic rings. The van der Waals surface area contributed by atoms with Crippen molar-refractivity contribution in [2.45, 2.75) is 32.0 Å². The Balaban J connectivity index is -0.000000312. The summed E-state index contributed by atoms with van der Waals surface area (Å²) in [4.78, 5) is 0. The van der Waals surface area contributed by atoms with Crippen molar-refractivity contribution in [1.29, 1.82) is 0 Å². The second-order valence-electron chi connectivity index (χ2n) is 4.83. The molecule has 2 rings (SSSR count). The van der Waals surface area contributed by atoms with Gasteiger partial charge in [-0.25, -0.2) is 24.3 Å². The molecule has 0 fully saturated rings. The zero-order chi connectivity index (χ0) is 12.6. The fourth-order valence-electron chi connectivity index (χ4n) is 1.61. The van der Waals surface area contributed by atoms with Gasteiger partial charge in [0.05, 0.1) is 0 Å². The molecule has 0 unspecified atom stereocenters. The van der Waals surface area contributed by atoms with E-state index in [4.69, 9.17) is 11.1 Å². The normalized spacial score (nSPS) is 9.15. The Kier molecular flexibility index (Phi) is 18.7. The molecular weight excluding hydrogens is 406 g/mol. The van der Waals surface area contributed by atoms with Crippen LogP contribution in [-0.2, 0) is 32.6 Å². The molecule has 0 saturated carbocycles. The van der Waals surface area contributed by atoms with Crippen LogP contribution < -0.4 is 24.8 Å². The number of aryl methyl sites for hydroxylation is 1. The van der Waals surface area contributed by atoms with Crippen LogP contribution in [0.4, 0.5) is 0 Å². The van der Waals surface area contributed by atoms with Crippen molar-refractivity contribution in [3.8, 4) is 0 Å². The fraction of sp³-hybridized carbons (Fsp3) is 0.333. The van der Waals surface area contributed by atoms with Crippen molar-refractivity contribution in [2.24, 2.45) is 0 Å². The third kappa shape index (κ3) is 15.1. The topological polar surface area (TPSA) is 0 Å². The molecule has 0 nitrogen and oxygen atoms in total. The van der Waals surface area contributed by atoms with E-state index in [-0.39, 0.29) is 51.0 Å². The Morgan fingerprint density at radius 1 is 1.00 bits per heavy atom. The molecular formula is C15H21Cl3SiZr. The van der Waals surface area contributed by atoms with E-state index < -0.39 is 7.38 Å². The minimum atomic E-state index is -1.32. The molecule has 110 valence electrons. The van der Waals surface area contributed by atoms with Crippen molar-refractivity contribution < 1.29 is 51.0 Å². The van der Waals surface area contributed by atoms with Gasteiger partial charge in [-0.05, 0) is 6.04 Å². The molecule has 0 aliphatic heterocycles. The maximum absolute atomic E-state index is 6.21. The van der Waals surface area contributed by atoms with Crippen molar-refractivity contribution in [1.82, 2.24) is 0 Å². The molecule has 0 saturated heterocycles. The van der Waals surface area contributed by atoms with Crippen LogP contribution in [0.3, 0.4) is 0 Å². The van der Waals surface area contributed by atoms with Crippen LogP contribution in [0.15, 0.2) is 54.6 Å². The molecule has 0 amide bonds. The summed E-state index contributed by atoms with van der Waals surface area (Å²) in [6.07, 6.45) is 2.43. The van der Waals surface area contributed by atoms with Gasteiger partial charge < -0.3 is 24.8 Å². The van der Waals surface area contributed by atoms with E-state index in [2.05, 4.69) is 37.4 Å².